The summed E-state index contributed by atoms with van der Waals surface area (Å²) in [5, 5.41) is 2.54. The number of likely N-dealkylation sites (tertiary alicyclic amines) is 1. The maximum Gasteiger partial charge on any atom is 0.408 e. The van der Waals surface area contributed by atoms with Crippen LogP contribution in [0.3, 0.4) is 0 Å². The Balaban J connectivity index is 2.44. The second-order valence-corrected chi connectivity index (χ2v) is 6.72. The molecule has 1 N–H and O–H groups in total. The molecule has 0 bridgehead atoms. The van der Waals surface area contributed by atoms with Crippen LogP contribution in [-0.4, -0.2) is 54.2 Å². The van der Waals surface area contributed by atoms with Gasteiger partial charge in [-0.15, -0.1) is 0 Å². The summed E-state index contributed by atoms with van der Waals surface area (Å²) < 4.78 is 10.1. The lowest BCUT2D eigenvalue weighted by Gasteiger charge is -2.32. The van der Waals surface area contributed by atoms with Crippen LogP contribution in [0.25, 0.3) is 0 Å². The van der Waals surface area contributed by atoms with Gasteiger partial charge in [0, 0.05) is 13.1 Å². The molecule has 23 heavy (non-hydrogen) atoms. The molecule has 132 valence electrons. The number of esters is 1. The van der Waals surface area contributed by atoms with Gasteiger partial charge in [-0.2, -0.15) is 0 Å². The van der Waals surface area contributed by atoms with Gasteiger partial charge in [-0.1, -0.05) is 0 Å². The van der Waals surface area contributed by atoms with Crippen LogP contribution in [0.4, 0.5) is 4.79 Å². The van der Waals surface area contributed by atoms with Crippen LogP contribution in [0.15, 0.2) is 0 Å². The highest BCUT2D eigenvalue weighted by molar-refractivity contribution is 5.85. The number of hydrogen-bond donors (Lipinski definition) is 1. The molecule has 0 saturated carbocycles. The summed E-state index contributed by atoms with van der Waals surface area (Å²) in [7, 11) is 0. The molecule has 1 atom stereocenters. The van der Waals surface area contributed by atoms with E-state index in [4.69, 9.17) is 9.47 Å². The molecule has 1 unspecified atom stereocenters. The molecule has 7 nitrogen and oxygen atoms in total. The molecule has 7 heteroatoms. The van der Waals surface area contributed by atoms with E-state index in [1.54, 1.807) is 39.5 Å². The molecule has 1 rings (SSSR count). The SMILES string of the molecule is CCOC(=O)C1CCN(C(=O)C(C)NC(=O)OC(C)(C)C)CC1. The summed E-state index contributed by atoms with van der Waals surface area (Å²) in [4.78, 5) is 37.4. The van der Waals surface area contributed by atoms with Gasteiger partial charge >= 0.3 is 12.1 Å². The third-order valence-corrected chi connectivity index (χ3v) is 3.53. The fourth-order valence-corrected chi connectivity index (χ4v) is 2.42. The first kappa shape index (κ1) is 19.3. The highest BCUT2D eigenvalue weighted by Crippen LogP contribution is 2.19. The van der Waals surface area contributed by atoms with Crippen LogP contribution >= 0.6 is 0 Å². The second kappa shape index (κ2) is 8.17. The van der Waals surface area contributed by atoms with Crippen molar-refractivity contribution in [3.05, 3.63) is 0 Å². The van der Waals surface area contributed by atoms with E-state index in [2.05, 4.69) is 5.32 Å². The van der Waals surface area contributed by atoms with Gasteiger partial charge in [0.1, 0.15) is 11.6 Å². The number of amides is 2. The number of alkyl carbamates (subject to hydrolysis) is 1. The fraction of sp³-hybridized carbons (Fsp3) is 0.812. The van der Waals surface area contributed by atoms with Crippen molar-refractivity contribution in [1.82, 2.24) is 10.2 Å². The minimum atomic E-state index is -0.663. The van der Waals surface area contributed by atoms with Crippen molar-refractivity contribution in [2.24, 2.45) is 5.92 Å². The number of hydrogen-bond acceptors (Lipinski definition) is 5. The van der Waals surface area contributed by atoms with E-state index in [-0.39, 0.29) is 17.8 Å². The molecular weight excluding hydrogens is 300 g/mol. The number of nitrogens with one attached hydrogen (secondary N) is 1. The highest BCUT2D eigenvalue weighted by Gasteiger charge is 2.31. The molecule has 0 radical (unpaired) electrons. The zero-order valence-corrected chi connectivity index (χ0v) is 14.7. The van der Waals surface area contributed by atoms with Crippen molar-refractivity contribution >= 4 is 18.0 Å². The minimum Gasteiger partial charge on any atom is -0.466 e. The van der Waals surface area contributed by atoms with Crippen LogP contribution in [0, 0.1) is 5.92 Å². The smallest absolute Gasteiger partial charge is 0.408 e. The van der Waals surface area contributed by atoms with Crippen molar-refractivity contribution in [2.45, 2.75) is 59.1 Å². The molecular formula is C16H28N2O5. The lowest BCUT2D eigenvalue weighted by Crippen LogP contribution is -2.50. The zero-order valence-electron chi connectivity index (χ0n) is 14.7. The first-order chi connectivity index (χ1) is 10.6. The maximum atomic E-state index is 12.3. The van der Waals surface area contributed by atoms with Crippen LogP contribution < -0.4 is 5.32 Å². The van der Waals surface area contributed by atoms with Gasteiger partial charge < -0.3 is 19.7 Å². The Labute approximate surface area is 137 Å². The van der Waals surface area contributed by atoms with Gasteiger partial charge in [0.2, 0.25) is 5.91 Å². The number of piperidine rings is 1. The summed E-state index contributed by atoms with van der Waals surface area (Å²) in [5.74, 6) is -0.509. The number of carbonyl (C=O) groups excluding carboxylic acids is 3. The Morgan fingerprint density at radius 1 is 1.22 bits per heavy atom. The molecule has 2 amide bonds. The van der Waals surface area contributed by atoms with Gasteiger partial charge in [0.05, 0.1) is 12.5 Å². The largest absolute Gasteiger partial charge is 0.466 e. The van der Waals surface area contributed by atoms with Crippen molar-refractivity contribution < 1.29 is 23.9 Å². The topological polar surface area (TPSA) is 84.9 Å². The van der Waals surface area contributed by atoms with Crippen LogP contribution in [0.2, 0.25) is 0 Å². The van der Waals surface area contributed by atoms with Crippen molar-refractivity contribution in [1.29, 1.82) is 0 Å². The second-order valence-electron chi connectivity index (χ2n) is 6.72. The van der Waals surface area contributed by atoms with Gasteiger partial charge in [-0.25, -0.2) is 4.79 Å². The fourth-order valence-electron chi connectivity index (χ4n) is 2.42. The van der Waals surface area contributed by atoms with E-state index < -0.39 is 17.7 Å². The normalized spacial score (nSPS) is 17.3. The Kier molecular flexibility index (Phi) is 6.84. The molecule has 0 spiro atoms. The standard InChI is InChI=1S/C16H28N2O5/c1-6-22-14(20)12-7-9-18(10-8-12)13(19)11(2)17-15(21)23-16(3,4)5/h11-12H,6-10H2,1-5H3,(H,17,21). The maximum absolute atomic E-state index is 12.3. The quantitative estimate of drug-likeness (QED) is 0.794. The Hall–Kier alpha value is -1.79. The summed E-state index contributed by atoms with van der Waals surface area (Å²) >= 11 is 0. The summed E-state index contributed by atoms with van der Waals surface area (Å²) in [5.41, 5.74) is -0.606. The lowest BCUT2D eigenvalue weighted by atomic mass is 9.96. The van der Waals surface area contributed by atoms with E-state index >= 15 is 0 Å². The molecule has 0 aliphatic carbocycles. The van der Waals surface area contributed by atoms with E-state index in [0.717, 1.165) is 0 Å². The van der Waals surface area contributed by atoms with Gasteiger partial charge in [0.15, 0.2) is 0 Å². The summed E-state index contributed by atoms with van der Waals surface area (Å²) in [6, 6.07) is -0.663. The van der Waals surface area contributed by atoms with Crippen LogP contribution in [0.1, 0.15) is 47.5 Å². The molecule has 1 heterocycles. The first-order valence-corrected chi connectivity index (χ1v) is 8.09. The molecule has 0 aromatic carbocycles. The number of ether oxygens (including phenoxy) is 2. The average Bonchev–Trinajstić information content (AvgIpc) is 2.44. The molecule has 1 aliphatic rings. The first-order valence-electron chi connectivity index (χ1n) is 8.09. The molecule has 1 saturated heterocycles. The predicted octanol–water partition coefficient (Wildman–Crippen LogP) is 1.70. The number of rotatable bonds is 4. The van der Waals surface area contributed by atoms with Crippen LogP contribution in [-0.2, 0) is 19.1 Å². The molecule has 1 fully saturated rings. The van der Waals surface area contributed by atoms with Crippen molar-refractivity contribution in [3.8, 4) is 0 Å². The summed E-state index contributed by atoms with van der Waals surface area (Å²) in [6.45, 7) is 10.0. The molecule has 0 aromatic rings. The Morgan fingerprint density at radius 2 is 1.78 bits per heavy atom. The third kappa shape index (κ3) is 6.46. The number of nitrogens with zero attached hydrogens (tertiary/aromatic N) is 1. The number of carbonyl (C=O) groups is 3. The van der Waals surface area contributed by atoms with E-state index in [1.807, 2.05) is 0 Å². The van der Waals surface area contributed by atoms with E-state index in [0.29, 0.717) is 32.5 Å². The lowest BCUT2D eigenvalue weighted by molar-refractivity contribution is -0.151. The summed E-state index contributed by atoms with van der Waals surface area (Å²) in [6.07, 6.45) is 0.563. The Bertz CT molecular complexity index is 436. The monoisotopic (exact) mass is 328 g/mol. The van der Waals surface area contributed by atoms with Gasteiger partial charge in [-0.05, 0) is 47.5 Å². The third-order valence-electron chi connectivity index (χ3n) is 3.53. The zero-order chi connectivity index (χ0) is 17.6. The van der Waals surface area contributed by atoms with Crippen molar-refractivity contribution in [3.63, 3.8) is 0 Å². The van der Waals surface area contributed by atoms with Crippen LogP contribution in [0.5, 0.6) is 0 Å². The van der Waals surface area contributed by atoms with Crippen molar-refractivity contribution in [2.75, 3.05) is 19.7 Å². The van der Waals surface area contributed by atoms with Gasteiger partial charge in [0.25, 0.3) is 0 Å². The average molecular weight is 328 g/mol. The molecule has 0 aromatic heterocycles. The van der Waals surface area contributed by atoms with E-state index in [1.165, 1.54) is 0 Å². The minimum absolute atomic E-state index is 0.145. The molecule has 1 aliphatic heterocycles. The Morgan fingerprint density at radius 3 is 2.26 bits per heavy atom. The van der Waals surface area contributed by atoms with E-state index in [9.17, 15) is 14.4 Å². The van der Waals surface area contributed by atoms with Gasteiger partial charge in [-0.3, -0.25) is 9.59 Å². The predicted molar refractivity (Wildman–Crippen MR) is 84.8 cm³/mol. The highest BCUT2D eigenvalue weighted by atomic mass is 16.6.